The first-order chi connectivity index (χ1) is 10.5. The topological polar surface area (TPSA) is 44.3 Å². The second-order valence-corrected chi connectivity index (χ2v) is 5.05. The van der Waals surface area contributed by atoms with Gasteiger partial charge in [-0.05, 0) is 25.1 Å². The van der Waals surface area contributed by atoms with E-state index in [1.165, 1.54) is 6.07 Å². The molecule has 3 rings (SSSR count). The quantitative estimate of drug-likeness (QED) is 0.519. The van der Waals surface area contributed by atoms with E-state index in [-0.39, 0.29) is 22.5 Å². The van der Waals surface area contributed by atoms with Crippen LogP contribution < -0.4 is 4.74 Å². The molecule has 0 N–H and O–H groups in total. The van der Waals surface area contributed by atoms with E-state index in [0.29, 0.717) is 5.39 Å². The third-order valence-corrected chi connectivity index (χ3v) is 3.70. The molecule has 0 unspecified atom stereocenters. The lowest BCUT2D eigenvalue weighted by molar-refractivity contribution is 0.432. The van der Waals surface area contributed by atoms with Gasteiger partial charge in [0, 0.05) is 18.1 Å². The largest absolute Gasteiger partial charge is 0.446 e. The molecule has 110 valence electrons. The second kappa shape index (κ2) is 5.28. The molecule has 0 fully saturated rings. The molecule has 0 aliphatic rings. The zero-order valence-corrected chi connectivity index (χ0v) is 12.5. The monoisotopic (exact) mass is 316 g/mol. The fourth-order valence-corrected chi connectivity index (χ4v) is 2.35. The number of aryl methyl sites for hydroxylation is 2. The van der Waals surface area contributed by atoms with Gasteiger partial charge in [0.2, 0.25) is 5.88 Å². The van der Waals surface area contributed by atoms with E-state index in [2.05, 4.69) is 14.8 Å². The van der Waals surface area contributed by atoms with E-state index in [1.54, 1.807) is 12.1 Å². The Morgan fingerprint density at radius 3 is 2.86 bits per heavy atom. The fourth-order valence-electron chi connectivity index (χ4n) is 2.18. The molecule has 7 heteroatoms. The van der Waals surface area contributed by atoms with Gasteiger partial charge in [-0.1, -0.05) is 11.6 Å². The molecule has 3 aromatic rings. The van der Waals surface area contributed by atoms with Crippen LogP contribution in [0.1, 0.15) is 5.69 Å². The summed E-state index contributed by atoms with van der Waals surface area (Å²) in [5.74, 6) is -0.592. The van der Waals surface area contributed by atoms with Crippen LogP contribution in [0.15, 0.2) is 24.5 Å². The van der Waals surface area contributed by atoms with Gasteiger partial charge in [-0.25, -0.2) is 19.2 Å². The van der Waals surface area contributed by atoms with Gasteiger partial charge in [-0.2, -0.15) is 0 Å². The summed E-state index contributed by atoms with van der Waals surface area (Å²) in [6, 6.07) is 4.99. The Morgan fingerprint density at radius 2 is 2.14 bits per heavy atom. The Morgan fingerprint density at radius 1 is 1.36 bits per heavy atom. The first-order valence-corrected chi connectivity index (χ1v) is 6.71. The number of ether oxygens (including phenoxy) is 1. The second-order valence-electron chi connectivity index (χ2n) is 4.69. The number of hydrogen-bond acceptors (Lipinski definition) is 3. The minimum Gasteiger partial charge on any atom is -0.446 e. The molecule has 0 amide bonds. The standard InChI is InChI=1S/C15H10ClFN4O/c1-8-6-9-10(21(8)3)4-5-11(12(9)17)22-15-13(18-2)14(16)19-7-20-15/h4-7H,1,3H3. The third kappa shape index (κ3) is 2.16. The van der Waals surface area contributed by atoms with Gasteiger partial charge in [0.05, 0.1) is 12.1 Å². The van der Waals surface area contributed by atoms with Gasteiger partial charge in [-0.15, -0.1) is 0 Å². The number of nitrogens with zero attached hydrogens (tertiary/aromatic N) is 4. The Bertz CT molecular complexity index is 929. The molecular formula is C15H10ClFN4O. The van der Waals surface area contributed by atoms with Gasteiger partial charge in [0.1, 0.15) is 11.5 Å². The summed E-state index contributed by atoms with van der Waals surface area (Å²) < 4.78 is 21.9. The summed E-state index contributed by atoms with van der Waals surface area (Å²) in [6.07, 6.45) is 1.16. The van der Waals surface area contributed by atoms with Crippen LogP contribution in [0.3, 0.4) is 0 Å². The van der Waals surface area contributed by atoms with Crippen LogP contribution in [0.5, 0.6) is 11.6 Å². The number of rotatable bonds is 2. The molecule has 0 aliphatic carbocycles. The van der Waals surface area contributed by atoms with Crippen molar-refractivity contribution in [3.63, 3.8) is 0 Å². The minimum absolute atomic E-state index is 0.0160. The zero-order chi connectivity index (χ0) is 15.9. The van der Waals surface area contributed by atoms with E-state index >= 15 is 0 Å². The first kappa shape index (κ1) is 14.3. The van der Waals surface area contributed by atoms with Crippen LogP contribution in [0.25, 0.3) is 15.7 Å². The Balaban J connectivity index is 2.11. The highest BCUT2D eigenvalue weighted by Crippen LogP contribution is 2.37. The lowest BCUT2D eigenvalue weighted by atomic mass is 10.2. The summed E-state index contributed by atoms with van der Waals surface area (Å²) >= 11 is 5.81. The van der Waals surface area contributed by atoms with Crippen LogP contribution in [-0.2, 0) is 7.05 Å². The van der Waals surface area contributed by atoms with Crippen molar-refractivity contribution in [1.29, 1.82) is 0 Å². The van der Waals surface area contributed by atoms with Crippen LogP contribution in [0, 0.1) is 19.3 Å². The maximum absolute atomic E-state index is 14.6. The zero-order valence-electron chi connectivity index (χ0n) is 11.8. The van der Waals surface area contributed by atoms with Gasteiger partial charge in [-0.3, -0.25) is 0 Å². The Labute approximate surface area is 130 Å². The van der Waals surface area contributed by atoms with Crippen molar-refractivity contribution < 1.29 is 9.13 Å². The highest BCUT2D eigenvalue weighted by Gasteiger charge is 2.17. The van der Waals surface area contributed by atoms with Gasteiger partial charge in [0.15, 0.2) is 11.6 Å². The first-order valence-electron chi connectivity index (χ1n) is 6.33. The maximum Gasteiger partial charge on any atom is 0.283 e. The highest BCUT2D eigenvalue weighted by atomic mass is 35.5. The molecule has 1 aromatic carbocycles. The molecule has 0 saturated heterocycles. The van der Waals surface area contributed by atoms with E-state index in [9.17, 15) is 4.39 Å². The van der Waals surface area contributed by atoms with E-state index < -0.39 is 5.82 Å². The summed E-state index contributed by atoms with van der Waals surface area (Å²) in [7, 11) is 1.86. The van der Waals surface area contributed by atoms with E-state index in [4.69, 9.17) is 22.9 Å². The third-order valence-electron chi connectivity index (χ3n) is 3.43. The predicted octanol–water partition coefficient (Wildman–Crippen LogP) is 4.41. The van der Waals surface area contributed by atoms with Crippen molar-refractivity contribution in [3.8, 4) is 11.6 Å². The maximum atomic E-state index is 14.6. The number of halogens is 2. The molecule has 0 atom stereocenters. The van der Waals surface area contributed by atoms with Crippen molar-refractivity contribution in [2.24, 2.45) is 7.05 Å². The number of fused-ring (bicyclic) bond motifs is 1. The highest BCUT2D eigenvalue weighted by molar-refractivity contribution is 6.32. The minimum atomic E-state index is -0.508. The van der Waals surface area contributed by atoms with E-state index in [1.807, 2.05) is 18.5 Å². The molecule has 5 nitrogen and oxygen atoms in total. The summed E-state index contributed by atoms with van der Waals surface area (Å²) in [4.78, 5) is 10.8. The molecule has 2 aromatic heterocycles. The lowest BCUT2D eigenvalue weighted by Gasteiger charge is -2.08. The van der Waals surface area contributed by atoms with Crippen molar-refractivity contribution in [1.82, 2.24) is 14.5 Å². The average Bonchev–Trinajstić information content (AvgIpc) is 2.79. The molecule has 0 saturated carbocycles. The molecule has 2 heterocycles. The molecule has 0 aliphatic heterocycles. The molecule has 0 spiro atoms. The van der Waals surface area contributed by atoms with Crippen LogP contribution in [-0.4, -0.2) is 14.5 Å². The van der Waals surface area contributed by atoms with Crippen molar-refractivity contribution >= 4 is 28.2 Å². The normalized spacial score (nSPS) is 10.7. The number of aromatic nitrogens is 3. The lowest BCUT2D eigenvalue weighted by Crippen LogP contribution is -1.94. The van der Waals surface area contributed by atoms with Gasteiger partial charge >= 0.3 is 0 Å². The van der Waals surface area contributed by atoms with Gasteiger partial charge in [0.25, 0.3) is 5.69 Å². The Kier molecular flexibility index (Phi) is 3.43. The van der Waals surface area contributed by atoms with Crippen LogP contribution >= 0.6 is 11.6 Å². The molecule has 0 bridgehead atoms. The molecule has 0 radical (unpaired) electrons. The van der Waals surface area contributed by atoms with Crippen molar-refractivity contribution in [3.05, 3.63) is 52.6 Å². The number of hydrogen-bond donors (Lipinski definition) is 0. The molecule has 22 heavy (non-hydrogen) atoms. The SMILES string of the molecule is [C-]#[N+]c1c(Cl)ncnc1Oc1ccc2c(cc(C)n2C)c1F. The van der Waals surface area contributed by atoms with Crippen molar-refractivity contribution in [2.45, 2.75) is 6.92 Å². The summed E-state index contributed by atoms with van der Waals surface area (Å²) in [6.45, 7) is 8.98. The molecular weight excluding hydrogens is 307 g/mol. The number of benzene rings is 1. The summed E-state index contributed by atoms with van der Waals surface area (Å²) in [5.41, 5.74) is 1.64. The van der Waals surface area contributed by atoms with Crippen LogP contribution in [0.4, 0.5) is 10.1 Å². The van der Waals surface area contributed by atoms with Crippen LogP contribution in [0.2, 0.25) is 5.15 Å². The van der Waals surface area contributed by atoms with Crippen molar-refractivity contribution in [2.75, 3.05) is 0 Å². The average molecular weight is 317 g/mol. The smallest absolute Gasteiger partial charge is 0.283 e. The summed E-state index contributed by atoms with van der Waals surface area (Å²) in [5, 5.41) is 0.416. The van der Waals surface area contributed by atoms with E-state index in [0.717, 1.165) is 17.5 Å². The fraction of sp³-hybridized carbons (Fsp3) is 0.133. The Hall–Kier alpha value is -2.65. The van der Waals surface area contributed by atoms with Gasteiger partial charge < -0.3 is 9.30 Å². The predicted molar refractivity (Wildman–Crippen MR) is 81.0 cm³/mol.